The van der Waals surface area contributed by atoms with Crippen LogP contribution in [-0.2, 0) is 0 Å². The minimum Gasteiger partial charge on any atom is -0.477 e. The molecule has 1 aromatic rings. The number of carboxylic acids is 1. The summed E-state index contributed by atoms with van der Waals surface area (Å²) in [6, 6.07) is 3.17. The number of aromatic nitrogens is 1. The highest BCUT2D eigenvalue weighted by Crippen LogP contribution is 2.20. The van der Waals surface area contributed by atoms with Crippen LogP contribution in [0, 0.1) is 18.3 Å². The molecule has 1 heterocycles. The Kier molecular flexibility index (Phi) is 4.15. The van der Waals surface area contributed by atoms with E-state index in [0.717, 1.165) is 0 Å². The van der Waals surface area contributed by atoms with Gasteiger partial charge in [0.2, 0.25) is 0 Å². The smallest absolute Gasteiger partial charge is 0.354 e. The summed E-state index contributed by atoms with van der Waals surface area (Å²) in [6.07, 6.45) is -1.48. The number of aromatic carboxylic acids is 1. The zero-order valence-corrected chi connectivity index (χ0v) is 9.16. The van der Waals surface area contributed by atoms with Crippen molar-refractivity contribution >= 4 is 5.97 Å². The van der Waals surface area contributed by atoms with E-state index in [1.165, 1.54) is 12.3 Å². The van der Waals surface area contributed by atoms with Crippen LogP contribution in [0.5, 0.6) is 0 Å². The van der Waals surface area contributed by atoms with E-state index in [2.05, 4.69) is 4.98 Å². The second kappa shape index (κ2) is 5.39. The van der Waals surface area contributed by atoms with Crippen molar-refractivity contribution in [2.45, 2.75) is 25.6 Å². The van der Waals surface area contributed by atoms with E-state index >= 15 is 0 Å². The van der Waals surface area contributed by atoms with E-state index in [1.807, 2.05) is 0 Å². The van der Waals surface area contributed by atoms with Gasteiger partial charge < -0.3 is 15.3 Å². The molecule has 0 saturated carbocycles. The van der Waals surface area contributed by atoms with Crippen molar-refractivity contribution in [1.82, 2.24) is 4.98 Å². The first-order chi connectivity index (χ1) is 7.97. The molecule has 17 heavy (non-hydrogen) atoms. The summed E-state index contributed by atoms with van der Waals surface area (Å²) in [5.41, 5.74) is 0.573. The Morgan fingerprint density at radius 1 is 1.59 bits per heavy atom. The maximum absolute atomic E-state index is 10.7. The van der Waals surface area contributed by atoms with Crippen LogP contribution in [0.1, 0.15) is 34.1 Å². The zero-order valence-electron chi connectivity index (χ0n) is 9.16. The first-order valence-corrected chi connectivity index (χ1v) is 4.90. The summed E-state index contributed by atoms with van der Waals surface area (Å²) in [5, 5.41) is 36.3. The molecule has 0 radical (unpaired) electrons. The molecular weight excluding hydrogens is 224 g/mol. The number of nitrogens with zero attached hydrogens (tertiary/aromatic N) is 2. The molecule has 1 aromatic heterocycles. The molecule has 6 nitrogen and oxygen atoms in total. The normalized spacial score (nSPS) is 13.8. The van der Waals surface area contributed by atoms with Crippen molar-refractivity contribution in [3.63, 3.8) is 0 Å². The maximum atomic E-state index is 10.7. The highest BCUT2D eigenvalue weighted by atomic mass is 16.4. The summed E-state index contributed by atoms with van der Waals surface area (Å²) in [7, 11) is 0. The average molecular weight is 236 g/mol. The van der Waals surface area contributed by atoms with Crippen molar-refractivity contribution < 1.29 is 20.1 Å². The molecule has 2 atom stereocenters. The first-order valence-electron chi connectivity index (χ1n) is 4.90. The molecule has 0 amide bonds. The fourth-order valence-corrected chi connectivity index (χ4v) is 1.41. The molecule has 0 fully saturated rings. The number of nitriles is 1. The second-order valence-corrected chi connectivity index (χ2v) is 3.61. The number of hydrogen-bond donors (Lipinski definition) is 3. The number of aliphatic hydroxyl groups excluding tert-OH is 2. The molecule has 90 valence electrons. The second-order valence-electron chi connectivity index (χ2n) is 3.61. The Labute approximate surface area is 97.8 Å². The molecule has 1 rings (SSSR count). The van der Waals surface area contributed by atoms with Crippen molar-refractivity contribution in [1.29, 1.82) is 5.26 Å². The minimum absolute atomic E-state index is 0.101. The summed E-state index contributed by atoms with van der Waals surface area (Å²) in [4.78, 5) is 14.4. The van der Waals surface area contributed by atoms with E-state index < -0.39 is 18.2 Å². The van der Waals surface area contributed by atoms with Gasteiger partial charge in [-0.1, -0.05) is 0 Å². The van der Waals surface area contributed by atoms with Crippen LogP contribution in [-0.4, -0.2) is 32.4 Å². The largest absolute Gasteiger partial charge is 0.477 e. The standard InChI is InChI=1S/C11H12N2O4/c1-6-4-7(5-13-9(6)11(16)17)10(15)8(14)2-3-12/h4-5,8,10,14-15H,2H2,1H3,(H,16,17). The van der Waals surface area contributed by atoms with Gasteiger partial charge in [-0.05, 0) is 18.6 Å². The number of rotatable bonds is 4. The number of aliphatic hydroxyl groups is 2. The molecule has 0 spiro atoms. The van der Waals surface area contributed by atoms with Crippen LogP contribution in [0.15, 0.2) is 12.3 Å². The van der Waals surface area contributed by atoms with E-state index in [1.54, 1.807) is 13.0 Å². The van der Waals surface area contributed by atoms with Crippen LogP contribution in [0.2, 0.25) is 0 Å². The van der Waals surface area contributed by atoms with Gasteiger partial charge in [-0.2, -0.15) is 5.26 Å². The molecule has 0 aromatic carbocycles. The summed E-state index contributed by atoms with van der Waals surface area (Å²) >= 11 is 0. The van der Waals surface area contributed by atoms with Gasteiger partial charge in [0, 0.05) is 11.8 Å². The minimum atomic E-state index is -1.25. The van der Waals surface area contributed by atoms with Gasteiger partial charge in [-0.25, -0.2) is 9.78 Å². The van der Waals surface area contributed by atoms with Gasteiger partial charge in [-0.3, -0.25) is 0 Å². The van der Waals surface area contributed by atoms with Crippen LogP contribution < -0.4 is 0 Å². The molecule has 0 aliphatic rings. The molecule has 3 N–H and O–H groups in total. The van der Waals surface area contributed by atoms with Crippen molar-refractivity contribution in [2.24, 2.45) is 0 Å². The molecule has 0 aliphatic heterocycles. The lowest BCUT2D eigenvalue weighted by molar-refractivity contribution is 0.0213. The first kappa shape index (κ1) is 13.1. The van der Waals surface area contributed by atoms with E-state index in [-0.39, 0.29) is 17.7 Å². The lowest BCUT2D eigenvalue weighted by Gasteiger charge is -2.15. The Morgan fingerprint density at radius 2 is 2.24 bits per heavy atom. The molecule has 0 aliphatic carbocycles. The van der Waals surface area contributed by atoms with Crippen molar-refractivity contribution in [3.8, 4) is 6.07 Å². The maximum Gasteiger partial charge on any atom is 0.354 e. The Bertz CT molecular complexity index is 467. The Hall–Kier alpha value is -1.97. The summed E-state index contributed by atoms with van der Waals surface area (Å²) < 4.78 is 0. The number of carboxylic acid groups (broad SMARTS) is 1. The summed E-state index contributed by atoms with van der Waals surface area (Å²) in [6.45, 7) is 1.54. The Morgan fingerprint density at radius 3 is 2.71 bits per heavy atom. The lowest BCUT2D eigenvalue weighted by atomic mass is 10.0. The lowest BCUT2D eigenvalue weighted by Crippen LogP contribution is -2.18. The van der Waals surface area contributed by atoms with Crippen molar-refractivity contribution in [2.75, 3.05) is 0 Å². The van der Waals surface area contributed by atoms with Crippen LogP contribution >= 0.6 is 0 Å². The molecule has 2 unspecified atom stereocenters. The molecule has 6 heteroatoms. The third-order valence-electron chi connectivity index (χ3n) is 2.31. The Balaban J connectivity index is 2.98. The molecule has 0 bridgehead atoms. The molecule has 0 saturated heterocycles. The van der Waals surface area contributed by atoms with Gasteiger partial charge in [-0.15, -0.1) is 0 Å². The monoisotopic (exact) mass is 236 g/mol. The predicted molar refractivity (Wildman–Crippen MR) is 57.1 cm³/mol. The SMILES string of the molecule is Cc1cc(C(O)C(O)CC#N)cnc1C(=O)O. The van der Waals surface area contributed by atoms with Crippen LogP contribution in [0.25, 0.3) is 0 Å². The third-order valence-corrected chi connectivity index (χ3v) is 2.31. The number of carbonyl (C=O) groups is 1. The van der Waals surface area contributed by atoms with Gasteiger partial charge in [0.15, 0.2) is 5.69 Å². The van der Waals surface area contributed by atoms with E-state index in [4.69, 9.17) is 10.4 Å². The number of aryl methyl sites for hydroxylation is 1. The van der Waals surface area contributed by atoms with Crippen molar-refractivity contribution in [3.05, 3.63) is 29.1 Å². The van der Waals surface area contributed by atoms with E-state index in [0.29, 0.717) is 5.56 Å². The van der Waals surface area contributed by atoms with Gasteiger partial charge in [0.05, 0.1) is 18.6 Å². The predicted octanol–water partition coefficient (Wildman–Crippen LogP) is 0.396. The van der Waals surface area contributed by atoms with Crippen LogP contribution in [0.4, 0.5) is 0 Å². The molecular formula is C11H12N2O4. The van der Waals surface area contributed by atoms with Crippen LogP contribution in [0.3, 0.4) is 0 Å². The quantitative estimate of drug-likeness (QED) is 0.696. The van der Waals surface area contributed by atoms with Gasteiger partial charge in [0.1, 0.15) is 6.10 Å². The van der Waals surface area contributed by atoms with E-state index in [9.17, 15) is 15.0 Å². The highest BCUT2D eigenvalue weighted by molar-refractivity contribution is 5.86. The fraction of sp³-hybridized carbons (Fsp3) is 0.364. The van der Waals surface area contributed by atoms with Gasteiger partial charge >= 0.3 is 5.97 Å². The number of hydrogen-bond acceptors (Lipinski definition) is 5. The summed E-state index contributed by atoms with van der Waals surface area (Å²) in [5.74, 6) is -1.15. The topological polar surface area (TPSA) is 114 Å². The third kappa shape index (κ3) is 3.00. The van der Waals surface area contributed by atoms with Gasteiger partial charge in [0.25, 0.3) is 0 Å². The highest BCUT2D eigenvalue weighted by Gasteiger charge is 2.20. The fourth-order valence-electron chi connectivity index (χ4n) is 1.41. The average Bonchev–Trinajstić information content (AvgIpc) is 2.27. The number of pyridine rings is 1. The zero-order chi connectivity index (χ0) is 13.0.